The number of halogens is 2. The number of amidine groups is 1. The van der Waals surface area contributed by atoms with Gasteiger partial charge in [0.05, 0.1) is 11.6 Å². The number of carbonyl (C=O) groups excluding carboxylic acids is 1. The van der Waals surface area contributed by atoms with Crippen molar-refractivity contribution in [2.75, 3.05) is 0 Å². The number of benzene rings is 1. The Bertz CT molecular complexity index is 835. The van der Waals surface area contributed by atoms with Crippen LogP contribution in [0.1, 0.15) is 41.6 Å². The molecule has 1 aromatic carbocycles. The molecule has 2 aromatic rings. The van der Waals surface area contributed by atoms with Crippen molar-refractivity contribution in [1.82, 2.24) is 4.98 Å². The summed E-state index contributed by atoms with van der Waals surface area (Å²) < 4.78 is 13.2. The van der Waals surface area contributed by atoms with Gasteiger partial charge in [-0.15, -0.1) is 0 Å². The van der Waals surface area contributed by atoms with Gasteiger partial charge in [-0.2, -0.15) is 0 Å². The molecular weight excluding hydrogens is 329 g/mol. The van der Waals surface area contributed by atoms with Gasteiger partial charge in [-0.1, -0.05) is 24.6 Å². The lowest BCUT2D eigenvalue weighted by atomic mass is 9.94. The molecule has 124 valence electrons. The highest BCUT2D eigenvalue weighted by Crippen LogP contribution is 2.25. The second-order valence-corrected chi connectivity index (χ2v) is 6.44. The highest BCUT2D eigenvalue weighted by Gasteiger charge is 2.17. The molecule has 1 aliphatic heterocycles. The number of Topliss-reactive ketones (excluding diaryl/α,β-unsaturated/α-hetero) is 1. The van der Waals surface area contributed by atoms with Gasteiger partial charge in [-0.05, 0) is 35.2 Å². The molecule has 24 heavy (non-hydrogen) atoms. The first kappa shape index (κ1) is 16.6. The van der Waals surface area contributed by atoms with Crippen molar-refractivity contribution in [3.05, 3.63) is 63.7 Å². The quantitative estimate of drug-likeness (QED) is 0.903. The zero-order valence-corrected chi connectivity index (χ0v) is 14.0. The van der Waals surface area contributed by atoms with Gasteiger partial charge in [0, 0.05) is 30.3 Å². The van der Waals surface area contributed by atoms with Crippen molar-refractivity contribution < 1.29 is 9.18 Å². The number of rotatable bonds is 5. The van der Waals surface area contributed by atoms with E-state index in [1.807, 2.05) is 13.0 Å². The Morgan fingerprint density at radius 1 is 1.42 bits per heavy atom. The van der Waals surface area contributed by atoms with Crippen molar-refractivity contribution in [1.29, 1.82) is 0 Å². The van der Waals surface area contributed by atoms with Crippen LogP contribution in [-0.2, 0) is 17.8 Å². The standard InChI is InChI=1S/C18H17ClFN3O/c1-10(11-2-3-17(20)16(19)6-11)4-14(24)7-13-5-12-8-23-18(21)15(12)9-22-13/h2-3,5-6,9-10H,4,7-8H2,1H3,(H2,21,23)/t10-/m0/s1. The Morgan fingerprint density at radius 2 is 2.21 bits per heavy atom. The van der Waals surface area contributed by atoms with Crippen LogP contribution >= 0.6 is 11.6 Å². The average Bonchev–Trinajstić information content (AvgIpc) is 2.90. The fourth-order valence-electron chi connectivity index (χ4n) is 2.81. The van der Waals surface area contributed by atoms with Crippen molar-refractivity contribution >= 4 is 23.2 Å². The molecule has 3 rings (SSSR count). The molecule has 0 amide bonds. The molecule has 0 saturated heterocycles. The molecule has 4 nitrogen and oxygen atoms in total. The Morgan fingerprint density at radius 3 is 2.96 bits per heavy atom. The van der Waals surface area contributed by atoms with Crippen LogP contribution in [0, 0.1) is 5.82 Å². The maximum Gasteiger partial charge on any atom is 0.141 e. The lowest BCUT2D eigenvalue weighted by Crippen LogP contribution is -2.12. The highest BCUT2D eigenvalue weighted by atomic mass is 35.5. The average molecular weight is 346 g/mol. The second-order valence-electron chi connectivity index (χ2n) is 6.03. The summed E-state index contributed by atoms with van der Waals surface area (Å²) in [7, 11) is 0. The van der Waals surface area contributed by atoms with E-state index in [4.69, 9.17) is 17.3 Å². The summed E-state index contributed by atoms with van der Waals surface area (Å²) >= 11 is 5.80. The van der Waals surface area contributed by atoms with Crippen molar-refractivity contribution in [2.45, 2.75) is 32.2 Å². The van der Waals surface area contributed by atoms with Gasteiger partial charge in [0.1, 0.15) is 17.4 Å². The summed E-state index contributed by atoms with van der Waals surface area (Å²) in [5.41, 5.74) is 9.17. The van der Waals surface area contributed by atoms with Gasteiger partial charge >= 0.3 is 0 Å². The number of carbonyl (C=O) groups is 1. The van der Waals surface area contributed by atoms with Crippen LogP contribution in [0.4, 0.5) is 4.39 Å². The Hall–Kier alpha value is -2.27. The topological polar surface area (TPSA) is 68.3 Å². The summed E-state index contributed by atoms with van der Waals surface area (Å²) in [6, 6.07) is 6.44. The molecule has 0 bridgehead atoms. The Balaban J connectivity index is 1.64. The van der Waals surface area contributed by atoms with E-state index in [-0.39, 0.29) is 23.1 Å². The third-order valence-corrected chi connectivity index (χ3v) is 4.46. The number of ketones is 1. The Kier molecular flexibility index (Phi) is 4.62. The number of hydrogen-bond acceptors (Lipinski definition) is 4. The first-order chi connectivity index (χ1) is 11.4. The summed E-state index contributed by atoms with van der Waals surface area (Å²) in [5, 5.41) is 0.0738. The van der Waals surface area contributed by atoms with E-state index >= 15 is 0 Å². The van der Waals surface area contributed by atoms with Crippen molar-refractivity contribution in [3.8, 4) is 0 Å². The van der Waals surface area contributed by atoms with Crippen molar-refractivity contribution in [2.24, 2.45) is 10.7 Å². The fraction of sp³-hybridized carbons (Fsp3) is 0.278. The zero-order valence-electron chi connectivity index (χ0n) is 13.2. The van der Waals surface area contributed by atoms with Gasteiger partial charge in [0.2, 0.25) is 0 Å². The number of nitrogens with two attached hydrogens (primary N) is 1. The van der Waals surface area contributed by atoms with E-state index < -0.39 is 5.82 Å². The molecule has 2 N–H and O–H groups in total. The van der Waals surface area contributed by atoms with Gasteiger partial charge < -0.3 is 5.73 Å². The molecule has 0 spiro atoms. The molecule has 1 aromatic heterocycles. The molecule has 0 unspecified atom stereocenters. The monoisotopic (exact) mass is 345 g/mol. The largest absolute Gasteiger partial charge is 0.383 e. The molecule has 0 saturated carbocycles. The summed E-state index contributed by atoms with van der Waals surface area (Å²) in [4.78, 5) is 20.8. The lowest BCUT2D eigenvalue weighted by Gasteiger charge is -2.12. The Labute approximate surface area is 144 Å². The summed E-state index contributed by atoms with van der Waals surface area (Å²) in [6.45, 7) is 2.46. The number of nitrogens with zero attached hydrogens (tertiary/aromatic N) is 2. The SMILES string of the molecule is C[C@@H](CC(=O)Cc1cc2c(cn1)C(N)=NC2)c1ccc(F)c(Cl)c1. The third-order valence-electron chi connectivity index (χ3n) is 4.17. The normalized spacial score (nSPS) is 14.2. The smallest absolute Gasteiger partial charge is 0.141 e. The molecule has 0 aliphatic carbocycles. The molecule has 0 radical (unpaired) electrons. The zero-order chi connectivity index (χ0) is 17.3. The van der Waals surface area contributed by atoms with E-state index in [1.54, 1.807) is 18.3 Å². The second kappa shape index (κ2) is 6.69. The number of hydrogen-bond donors (Lipinski definition) is 1. The highest BCUT2D eigenvalue weighted by molar-refractivity contribution is 6.30. The predicted octanol–water partition coefficient (Wildman–Crippen LogP) is 3.40. The maximum atomic E-state index is 13.2. The van der Waals surface area contributed by atoms with Crippen molar-refractivity contribution in [3.63, 3.8) is 0 Å². The van der Waals surface area contributed by atoms with Crippen LogP contribution in [0.2, 0.25) is 5.02 Å². The maximum absolute atomic E-state index is 13.2. The molecule has 1 aliphatic rings. The minimum absolute atomic E-state index is 0.0380. The third kappa shape index (κ3) is 3.46. The van der Waals surface area contributed by atoms with Gasteiger partial charge in [0.25, 0.3) is 0 Å². The van der Waals surface area contributed by atoms with Crippen LogP contribution < -0.4 is 5.73 Å². The van der Waals surface area contributed by atoms with E-state index in [0.29, 0.717) is 24.5 Å². The minimum Gasteiger partial charge on any atom is -0.383 e. The number of fused-ring (bicyclic) bond motifs is 1. The molecule has 1 atom stereocenters. The van der Waals surface area contributed by atoms with Gasteiger partial charge in [-0.25, -0.2) is 4.39 Å². The molecule has 2 heterocycles. The number of pyridine rings is 1. The van der Waals surface area contributed by atoms with E-state index in [0.717, 1.165) is 16.7 Å². The first-order valence-corrected chi connectivity index (χ1v) is 8.06. The van der Waals surface area contributed by atoms with Crippen LogP contribution in [0.3, 0.4) is 0 Å². The lowest BCUT2D eigenvalue weighted by molar-refractivity contribution is -0.118. The number of aromatic nitrogens is 1. The first-order valence-electron chi connectivity index (χ1n) is 7.68. The van der Waals surface area contributed by atoms with Crippen LogP contribution in [0.5, 0.6) is 0 Å². The predicted molar refractivity (Wildman–Crippen MR) is 91.8 cm³/mol. The molecule has 0 fully saturated rings. The summed E-state index contributed by atoms with van der Waals surface area (Å²) in [5.74, 6) is 0.0752. The van der Waals surface area contributed by atoms with Gasteiger partial charge in [0.15, 0.2) is 0 Å². The minimum atomic E-state index is -0.456. The van der Waals surface area contributed by atoms with E-state index in [2.05, 4.69) is 9.98 Å². The van der Waals surface area contributed by atoms with E-state index in [9.17, 15) is 9.18 Å². The summed E-state index contributed by atoms with van der Waals surface area (Å²) in [6.07, 6.45) is 2.28. The molecular formula is C18H17ClFN3O. The van der Waals surface area contributed by atoms with Gasteiger partial charge in [-0.3, -0.25) is 14.8 Å². The number of aliphatic imine (C=N–C) groups is 1. The van der Waals surface area contributed by atoms with Crippen LogP contribution in [0.25, 0.3) is 0 Å². The van der Waals surface area contributed by atoms with E-state index in [1.165, 1.54) is 6.07 Å². The fourth-order valence-corrected chi connectivity index (χ4v) is 3.00. The van der Waals surface area contributed by atoms with Crippen LogP contribution in [-0.4, -0.2) is 16.6 Å². The van der Waals surface area contributed by atoms with Crippen LogP contribution in [0.15, 0.2) is 35.5 Å². The molecule has 6 heteroatoms.